The molecule has 1 aromatic rings. The lowest BCUT2D eigenvalue weighted by Gasteiger charge is -2.25. The van der Waals surface area contributed by atoms with Crippen molar-refractivity contribution in [3.05, 3.63) is 24.2 Å². The van der Waals surface area contributed by atoms with E-state index in [0.717, 1.165) is 13.0 Å². The number of sulfonamides is 1. The molecule has 0 amide bonds. The van der Waals surface area contributed by atoms with Gasteiger partial charge in [0.2, 0.25) is 10.0 Å². The number of nitrogens with one attached hydrogen (secondary N) is 1. The lowest BCUT2D eigenvalue weighted by molar-refractivity contribution is 0.366. The molecule has 6 heteroatoms. The maximum Gasteiger partial charge on any atom is 0.214 e. The van der Waals surface area contributed by atoms with Gasteiger partial charge in [-0.15, -0.1) is 0 Å². The van der Waals surface area contributed by atoms with Crippen molar-refractivity contribution in [1.82, 2.24) is 9.62 Å². The fraction of sp³-hybridized carbons (Fsp3) is 0.714. The van der Waals surface area contributed by atoms with Crippen LogP contribution in [0, 0.1) is 0 Å². The molecule has 2 heterocycles. The third kappa shape index (κ3) is 4.33. The maximum absolute atomic E-state index is 12.4. The Morgan fingerprint density at radius 1 is 1.45 bits per heavy atom. The van der Waals surface area contributed by atoms with Crippen LogP contribution < -0.4 is 5.32 Å². The van der Waals surface area contributed by atoms with Crippen LogP contribution in [0.25, 0.3) is 0 Å². The summed E-state index contributed by atoms with van der Waals surface area (Å²) in [5.41, 5.74) is 0. The summed E-state index contributed by atoms with van der Waals surface area (Å²) in [7, 11) is -3.21. The fourth-order valence-electron chi connectivity index (χ4n) is 2.57. The third-order valence-electron chi connectivity index (χ3n) is 3.80. The lowest BCUT2D eigenvalue weighted by atomic mass is 10.0. The van der Waals surface area contributed by atoms with Crippen LogP contribution in [0.3, 0.4) is 0 Å². The molecule has 5 nitrogen and oxygen atoms in total. The van der Waals surface area contributed by atoms with Crippen molar-refractivity contribution in [1.29, 1.82) is 0 Å². The molecule has 20 heavy (non-hydrogen) atoms. The van der Waals surface area contributed by atoms with Gasteiger partial charge in [-0.25, -0.2) is 8.42 Å². The smallest absolute Gasteiger partial charge is 0.214 e. The lowest BCUT2D eigenvalue weighted by Crippen LogP contribution is -2.38. The number of piperidine rings is 1. The van der Waals surface area contributed by atoms with E-state index in [1.54, 1.807) is 18.4 Å². The first-order valence-corrected chi connectivity index (χ1v) is 8.96. The van der Waals surface area contributed by atoms with Crippen LogP contribution >= 0.6 is 0 Å². The molecule has 1 saturated heterocycles. The topological polar surface area (TPSA) is 62.6 Å². The molecule has 1 fully saturated rings. The zero-order chi connectivity index (χ0) is 14.4. The average molecular weight is 300 g/mol. The maximum atomic E-state index is 12.4. The number of hydrogen-bond acceptors (Lipinski definition) is 4. The Morgan fingerprint density at radius 3 is 2.90 bits per heavy atom. The fourth-order valence-corrected chi connectivity index (χ4v) is 4.13. The van der Waals surface area contributed by atoms with E-state index in [-0.39, 0.29) is 5.75 Å². The van der Waals surface area contributed by atoms with Crippen molar-refractivity contribution >= 4 is 10.0 Å². The average Bonchev–Trinajstić information content (AvgIpc) is 2.97. The number of hydrogen-bond donors (Lipinski definition) is 1. The van der Waals surface area contributed by atoms with Gasteiger partial charge in [-0.2, -0.15) is 4.31 Å². The second-order valence-corrected chi connectivity index (χ2v) is 7.35. The molecular formula is C14H24N2O3S. The second kappa shape index (κ2) is 7.24. The van der Waals surface area contributed by atoms with Gasteiger partial charge in [0.25, 0.3) is 0 Å². The Balaban J connectivity index is 1.89. The highest BCUT2D eigenvalue weighted by molar-refractivity contribution is 7.89. The molecule has 0 spiro atoms. The predicted molar refractivity (Wildman–Crippen MR) is 78.8 cm³/mol. The van der Waals surface area contributed by atoms with Crippen LogP contribution in [-0.2, 0) is 16.6 Å². The van der Waals surface area contributed by atoms with E-state index < -0.39 is 10.0 Å². The number of furan rings is 1. The minimum absolute atomic E-state index is 0.208. The quantitative estimate of drug-likeness (QED) is 0.836. The molecule has 2 rings (SSSR count). The van der Waals surface area contributed by atoms with Crippen LogP contribution in [0.1, 0.15) is 38.4 Å². The van der Waals surface area contributed by atoms with Crippen LogP contribution in [0.4, 0.5) is 0 Å². The van der Waals surface area contributed by atoms with Gasteiger partial charge in [0, 0.05) is 12.6 Å². The summed E-state index contributed by atoms with van der Waals surface area (Å²) in [6.07, 6.45) is 5.74. The molecule has 0 radical (unpaired) electrons. The third-order valence-corrected chi connectivity index (χ3v) is 5.72. The molecular weight excluding hydrogens is 276 g/mol. The molecule has 114 valence electrons. The Morgan fingerprint density at radius 2 is 2.30 bits per heavy atom. The summed E-state index contributed by atoms with van der Waals surface area (Å²) in [6, 6.07) is 3.93. The van der Waals surface area contributed by atoms with Crippen molar-refractivity contribution in [3.8, 4) is 0 Å². The van der Waals surface area contributed by atoms with E-state index in [4.69, 9.17) is 4.42 Å². The van der Waals surface area contributed by atoms with Crippen molar-refractivity contribution < 1.29 is 12.8 Å². The van der Waals surface area contributed by atoms with E-state index in [9.17, 15) is 8.42 Å². The minimum Gasteiger partial charge on any atom is -0.468 e. The molecule has 1 aliphatic rings. The van der Waals surface area contributed by atoms with Gasteiger partial charge in [0.1, 0.15) is 5.76 Å². The molecule has 1 N–H and O–H groups in total. The van der Waals surface area contributed by atoms with Gasteiger partial charge >= 0.3 is 0 Å². The highest BCUT2D eigenvalue weighted by Gasteiger charge is 2.23. The zero-order valence-electron chi connectivity index (χ0n) is 12.0. The van der Waals surface area contributed by atoms with Gasteiger partial charge in [0.05, 0.1) is 18.6 Å². The SMILES string of the molecule is CCN(Cc1ccco1)S(=O)(=O)CCC1CCCCN1. The van der Waals surface area contributed by atoms with Crippen molar-refractivity contribution in [2.24, 2.45) is 0 Å². The van der Waals surface area contributed by atoms with Gasteiger partial charge in [-0.1, -0.05) is 13.3 Å². The highest BCUT2D eigenvalue weighted by Crippen LogP contribution is 2.15. The first-order chi connectivity index (χ1) is 9.62. The summed E-state index contributed by atoms with van der Waals surface area (Å²) >= 11 is 0. The second-order valence-electron chi connectivity index (χ2n) is 5.26. The van der Waals surface area contributed by atoms with Crippen molar-refractivity contribution in [2.45, 2.75) is 45.2 Å². The van der Waals surface area contributed by atoms with Crippen molar-refractivity contribution in [2.75, 3.05) is 18.8 Å². The van der Waals surface area contributed by atoms with Gasteiger partial charge < -0.3 is 9.73 Å². The number of rotatable bonds is 7. The molecule has 1 aromatic heterocycles. The molecule has 0 aromatic carbocycles. The van der Waals surface area contributed by atoms with E-state index in [1.807, 2.05) is 6.92 Å². The Bertz CT molecular complexity index is 479. The molecule has 1 unspecified atom stereocenters. The summed E-state index contributed by atoms with van der Waals surface area (Å²) in [5.74, 6) is 0.894. The first-order valence-electron chi connectivity index (χ1n) is 7.35. The summed E-state index contributed by atoms with van der Waals surface area (Å²) in [5, 5.41) is 3.39. The molecule has 1 atom stereocenters. The minimum atomic E-state index is -3.21. The van der Waals surface area contributed by atoms with Crippen LogP contribution in [0.15, 0.2) is 22.8 Å². The van der Waals surface area contributed by atoms with Gasteiger partial charge in [0.15, 0.2) is 0 Å². The normalized spacial score (nSPS) is 20.4. The monoisotopic (exact) mass is 300 g/mol. The van der Waals surface area contributed by atoms with Gasteiger partial charge in [-0.3, -0.25) is 0 Å². The Labute approximate surface area is 121 Å². The number of nitrogens with zero attached hydrogens (tertiary/aromatic N) is 1. The van der Waals surface area contributed by atoms with E-state index >= 15 is 0 Å². The first kappa shape index (κ1) is 15.5. The van der Waals surface area contributed by atoms with E-state index in [1.165, 1.54) is 17.1 Å². The standard InChI is InChI=1S/C14H24N2O3S/c1-2-16(12-14-7-5-10-19-14)20(17,18)11-8-13-6-3-4-9-15-13/h5,7,10,13,15H,2-4,6,8-9,11-12H2,1H3. The van der Waals surface area contributed by atoms with Gasteiger partial charge in [-0.05, 0) is 37.9 Å². The highest BCUT2D eigenvalue weighted by atomic mass is 32.2. The van der Waals surface area contributed by atoms with Crippen LogP contribution in [0.5, 0.6) is 0 Å². The largest absolute Gasteiger partial charge is 0.468 e. The molecule has 1 aliphatic heterocycles. The predicted octanol–water partition coefficient (Wildman–Crippen LogP) is 1.96. The van der Waals surface area contributed by atoms with Crippen molar-refractivity contribution in [3.63, 3.8) is 0 Å². The molecule has 0 bridgehead atoms. The van der Waals surface area contributed by atoms with Crippen LogP contribution in [0.2, 0.25) is 0 Å². The Kier molecular flexibility index (Phi) is 5.63. The van der Waals surface area contributed by atoms with E-state index in [2.05, 4.69) is 5.32 Å². The Hall–Kier alpha value is -0.850. The van der Waals surface area contributed by atoms with Crippen LogP contribution in [-0.4, -0.2) is 37.6 Å². The molecule has 0 aliphatic carbocycles. The summed E-state index contributed by atoms with van der Waals surface area (Å²) in [4.78, 5) is 0. The summed E-state index contributed by atoms with van der Waals surface area (Å²) in [6.45, 7) is 3.67. The van der Waals surface area contributed by atoms with E-state index in [0.29, 0.717) is 31.3 Å². The summed E-state index contributed by atoms with van der Waals surface area (Å²) < 4.78 is 31.5. The zero-order valence-corrected chi connectivity index (χ0v) is 12.9. The molecule has 0 saturated carbocycles.